The largest absolute Gasteiger partial charge is 0.547 e. The number of nitrogens with one attached hydrogen (secondary N) is 1. The Bertz CT molecular complexity index is 413. The molecule has 3 nitrogen and oxygen atoms in total. The van der Waals surface area contributed by atoms with Crippen molar-refractivity contribution < 1.29 is 13.1 Å². The van der Waals surface area contributed by atoms with Crippen LogP contribution in [0.25, 0.3) is 0 Å². The number of allylic oxidation sites excluding steroid dienone is 1. The van der Waals surface area contributed by atoms with Crippen LogP contribution in [0.2, 0.25) is 0 Å². The van der Waals surface area contributed by atoms with E-state index in [2.05, 4.69) is 10.3 Å². The van der Waals surface area contributed by atoms with Crippen molar-refractivity contribution in [2.45, 2.75) is 13.8 Å². The number of fused-ring (bicyclic) bond motifs is 1. The Morgan fingerprint density at radius 3 is 2.79 bits per heavy atom. The fraction of sp³-hybridized carbons (Fsp3) is 0.250. The fourth-order valence-corrected chi connectivity index (χ4v) is 1.56. The molecule has 1 aliphatic rings. The molecule has 0 amide bonds. The molecular formula is C8H10BF2N3. The molecule has 6 heteroatoms. The van der Waals surface area contributed by atoms with Crippen LogP contribution < -0.4 is 9.79 Å². The molecule has 0 fully saturated rings. The normalized spacial score (nSPS) is 17.6. The first-order chi connectivity index (χ1) is 6.53. The van der Waals surface area contributed by atoms with Gasteiger partial charge in [0.15, 0.2) is 0 Å². The average molecular weight is 197 g/mol. The van der Waals surface area contributed by atoms with Crippen molar-refractivity contribution in [2.24, 2.45) is 0 Å². The van der Waals surface area contributed by atoms with Crippen molar-refractivity contribution >= 4 is 12.8 Å². The summed E-state index contributed by atoms with van der Waals surface area (Å²) >= 11 is 0. The molecule has 0 aliphatic carbocycles. The third-order valence-corrected chi connectivity index (χ3v) is 2.26. The molecule has 0 unspecified atom stereocenters. The Morgan fingerprint density at radius 1 is 1.50 bits per heavy atom. The van der Waals surface area contributed by atoms with Crippen LogP contribution in [0.3, 0.4) is 0 Å². The summed E-state index contributed by atoms with van der Waals surface area (Å²) in [6.07, 6.45) is 2.82. The minimum absolute atomic E-state index is 0.0244. The van der Waals surface area contributed by atoms with Gasteiger partial charge in [0, 0.05) is 17.9 Å². The quantitative estimate of drug-likeness (QED) is 0.636. The van der Waals surface area contributed by atoms with E-state index in [0.717, 1.165) is 4.48 Å². The molecule has 1 N–H and O–H groups in total. The van der Waals surface area contributed by atoms with Crippen LogP contribution in [0.4, 0.5) is 14.6 Å². The average Bonchev–Trinajstić information content (AvgIpc) is 2.39. The molecule has 0 saturated carbocycles. The van der Waals surface area contributed by atoms with Crippen molar-refractivity contribution in [3.8, 4) is 0 Å². The summed E-state index contributed by atoms with van der Waals surface area (Å²) in [4.78, 5) is 3.84. The van der Waals surface area contributed by atoms with Crippen LogP contribution in [0, 0.1) is 0 Å². The highest BCUT2D eigenvalue weighted by atomic mass is 19.2. The smallest absolute Gasteiger partial charge is 0.438 e. The number of rotatable bonds is 0. The molecule has 0 atom stereocenters. The number of halogens is 2. The third-order valence-electron chi connectivity index (χ3n) is 2.26. The first kappa shape index (κ1) is 9.11. The predicted octanol–water partition coefficient (Wildman–Crippen LogP) is 1.35. The lowest BCUT2D eigenvalue weighted by Gasteiger charge is -2.16. The highest BCUT2D eigenvalue weighted by molar-refractivity contribution is 6.67. The van der Waals surface area contributed by atoms with Crippen molar-refractivity contribution in [2.75, 3.05) is 5.32 Å². The fourth-order valence-electron chi connectivity index (χ4n) is 1.56. The molecule has 2 heterocycles. The Labute approximate surface area is 80.5 Å². The van der Waals surface area contributed by atoms with Crippen LogP contribution in [-0.2, 0) is 0 Å². The molecule has 0 bridgehead atoms. The second kappa shape index (κ2) is 2.77. The molecule has 1 aromatic rings. The summed E-state index contributed by atoms with van der Waals surface area (Å²) in [7, 11) is 0. The van der Waals surface area contributed by atoms with Gasteiger partial charge in [-0.25, -0.2) is 0 Å². The lowest BCUT2D eigenvalue weighted by atomic mass is 9.74. The number of nitrogens with zero attached hydrogens (tertiary/aromatic N) is 2. The second-order valence-corrected chi connectivity index (χ2v) is 3.51. The van der Waals surface area contributed by atoms with Gasteiger partial charge in [0.2, 0.25) is 0 Å². The zero-order valence-electron chi connectivity index (χ0n) is 7.96. The van der Waals surface area contributed by atoms with E-state index in [-0.39, 0.29) is 11.5 Å². The number of hydrogen-bond donors (Lipinski definition) is 1. The maximum atomic E-state index is 13.7. The van der Waals surface area contributed by atoms with Crippen molar-refractivity contribution in [1.29, 1.82) is 0 Å². The first-order valence-electron chi connectivity index (χ1n) is 4.36. The topological polar surface area (TPSA) is 28.8 Å². The molecule has 14 heavy (non-hydrogen) atoms. The van der Waals surface area contributed by atoms with E-state index in [0.29, 0.717) is 5.57 Å². The molecule has 2 rings (SSSR count). The molecular weight excluding hydrogens is 187 g/mol. The highest BCUT2D eigenvalue weighted by Gasteiger charge is 2.47. The molecule has 1 aromatic heterocycles. The van der Waals surface area contributed by atoms with Crippen LogP contribution in [0.15, 0.2) is 29.6 Å². The minimum Gasteiger partial charge on any atom is -0.438 e. The minimum atomic E-state index is -3.70. The van der Waals surface area contributed by atoms with Gasteiger partial charge in [0.1, 0.15) is 6.20 Å². The molecule has 0 radical (unpaired) electrons. The van der Waals surface area contributed by atoms with Gasteiger partial charge >= 0.3 is 12.8 Å². The molecule has 1 aliphatic heterocycles. The Balaban J connectivity index is 2.62. The molecule has 0 saturated heterocycles. The van der Waals surface area contributed by atoms with Crippen molar-refractivity contribution in [1.82, 2.24) is 4.98 Å². The number of aromatic nitrogens is 2. The lowest BCUT2D eigenvalue weighted by molar-refractivity contribution is -0.546. The molecule has 0 aromatic carbocycles. The van der Waals surface area contributed by atoms with Crippen molar-refractivity contribution in [3.05, 3.63) is 29.6 Å². The van der Waals surface area contributed by atoms with Gasteiger partial charge in [0.05, 0.1) is 0 Å². The summed E-state index contributed by atoms with van der Waals surface area (Å²) in [5.41, 5.74) is 0.559. The predicted molar refractivity (Wildman–Crippen MR) is 49.8 cm³/mol. The zero-order valence-corrected chi connectivity index (χ0v) is 7.96. The summed E-state index contributed by atoms with van der Waals surface area (Å²) in [6.45, 7) is -0.381. The van der Waals surface area contributed by atoms with E-state index in [1.165, 1.54) is 18.5 Å². The summed E-state index contributed by atoms with van der Waals surface area (Å²) in [5, 5.41) is 2.63. The van der Waals surface area contributed by atoms with Gasteiger partial charge in [-0.3, -0.25) is 5.32 Å². The first-order valence-corrected chi connectivity index (χ1v) is 4.36. The van der Waals surface area contributed by atoms with Gasteiger partial charge in [-0.1, -0.05) is 10.6 Å². The Hall–Kier alpha value is -1.46. The van der Waals surface area contributed by atoms with E-state index in [4.69, 9.17) is 0 Å². The Kier molecular flexibility index (Phi) is 1.80. The van der Waals surface area contributed by atoms with E-state index in [9.17, 15) is 8.63 Å². The Morgan fingerprint density at radius 2 is 2.21 bits per heavy atom. The van der Waals surface area contributed by atoms with E-state index in [1.807, 2.05) is 0 Å². The highest BCUT2D eigenvalue weighted by Crippen LogP contribution is 2.25. The van der Waals surface area contributed by atoms with Gasteiger partial charge in [-0.2, -0.15) is 0 Å². The van der Waals surface area contributed by atoms with Crippen LogP contribution in [-0.4, -0.2) is 11.8 Å². The van der Waals surface area contributed by atoms with Gasteiger partial charge < -0.3 is 13.1 Å². The van der Waals surface area contributed by atoms with Gasteiger partial charge in [-0.05, 0) is 13.8 Å². The number of hydrogen-bond acceptors (Lipinski definition) is 2. The van der Waals surface area contributed by atoms with Gasteiger partial charge in [-0.15, -0.1) is 0 Å². The standard InChI is InChI=1S/C8H10BF2N3/c1-6(2)7-9(10,11)14-5-3-4-12-8(14)13-7/h3-5H,1-2H3,(H,12,13). The zero-order chi connectivity index (χ0) is 10.3. The maximum Gasteiger partial charge on any atom is 0.547 e. The van der Waals surface area contributed by atoms with E-state index in [1.54, 1.807) is 13.8 Å². The SMILES string of the molecule is CC(C)=C1Nc2nccc[n+]2[B-]1(F)F. The lowest BCUT2D eigenvalue weighted by Crippen LogP contribution is -2.56. The van der Waals surface area contributed by atoms with E-state index >= 15 is 0 Å². The molecule has 74 valence electrons. The van der Waals surface area contributed by atoms with Crippen LogP contribution >= 0.6 is 0 Å². The summed E-state index contributed by atoms with van der Waals surface area (Å²) < 4.78 is 28.3. The third kappa shape index (κ3) is 1.10. The van der Waals surface area contributed by atoms with Crippen LogP contribution in [0.5, 0.6) is 0 Å². The molecule has 0 spiro atoms. The van der Waals surface area contributed by atoms with E-state index < -0.39 is 6.84 Å². The second-order valence-electron chi connectivity index (χ2n) is 3.51. The maximum absolute atomic E-state index is 13.7. The van der Waals surface area contributed by atoms with Crippen LogP contribution in [0.1, 0.15) is 13.8 Å². The number of anilines is 1. The van der Waals surface area contributed by atoms with Gasteiger partial charge in [0.25, 0.3) is 0 Å². The summed E-state index contributed by atoms with van der Waals surface area (Å²) in [6, 6.07) is 1.49. The monoisotopic (exact) mass is 197 g/mol. The van der Waals surface area contributed by atoms with Crippen molar-refractivity contribution in [3.63, 3.8) is 0 Å². The summed E-state index contributed by atoms with van der Waals surface area (Å²) in [5.74, 6) is 0.203.